The molecule has 0 aliphatic heterocycles. The van der Waals surface area contributed by atoms with E-state index in [1.54, 1.807) is 7.11 Å². The van der Waals surface area contributed by atoms with Crippen molar-refractivity contribution in [3.8, 4) is 0 Å². The molecule has 0 atom stereocenters. The van der Waals surface area contributed by atoms with Crippen molar-refractivity contribution in [1.82, 2.24) is 5.32 Å². The van der Waals surface area contributed by atoms with Crippen LogP contribution in [0.1, 0.15) is 19.3 Å². The Kier molecular flexibility index (Phi) is 6.17. The molecule has 1 rings (SSSR count). The maximum atomic E-state index is 9.07. The molecule has 1 aliphatic carbocycles. The molecule has 0 aromatic rings. The standard InChI is InChI=1S/C11H23NO3/c1-14-6-2-7-15-8-5-12-9-11(10-13)3-4-11/h12-13H,2-10H2,1H3. The molecular formula is C11H23NO3. The number of rotatable bonds is 10. The normalized spacial score (nSPS) is 18.0. The van der Waals surface area contributed by atoms with Gasteiger partial charge in [-0.15, -0.1) is 0 Å². The minimum Gasteiger partial charge on any atom is -0.396 e. The van der Waals surface area contributed by atoms with E-state index in [1.165, 1.54) is 0 Å². The second kappa shape index (κ2) is 7.17. The van der Waals surface area contributed by atoms with Crippen molar-refractivity contribution in [2.45, 2.75) is 19.3 Å². The summed E-state index contributed by atoms with van der Waals surface area (Å²) < 4.78 is 10.3. The second-order valence-electron chi connectivity index (χ2n) is 4.29. The Bertz CT molecular complexity index is 160. The zero-order chi connectivity index (χ0) is 11.0. The lowest BCUT2D eigenvalue weighted by molar-refractivity contribution is 0.103. The SMILES string of the molecule is COCCCOCCNCC1(CO)CC1. The third-order valence-electron chi connectivity index (χ3n) is 2.85. The number of ether oxygens (including phenoxy) is 2. The van der Waals surface area contributed by atoms with Crippen molar-refractivity contribution in [3.05, 3.63) is 0 Å². The molecule has 0 unspecified atom stereocenters. The van der Waals surface area contributed by atoms with Crippen molar-refractivity contribution >= 4 is 0 Å². The summed E-state index contributed by atoms with van der Waals surface area (Å²) in [5, 5.41) is 12.4. The van der Waals surface area contributed by atoms with Gasteiger partial charge in [0, 0.05) is 45.4 Å². The molecule has 0 heterocycles. The number of hydrogen-bond donors (Lipinski definition) is 2. The molecule has 4 heteroatoms. The van der Waals surface area contributed by atoms with Crippen molar-refractivity contribution in [2.24, 2.45) is 5.41 Å². The van der Waals surface area contributed by atoms with E-state index in [0.717, 1.165) is 52.2 Å². The van der Waals surface area contributed by atoms with Crippen LogP contribution in [0.2, 0.25) is 0 Å². The largest absolute Gasteiger partial charge is 0.396 e. The maximum absolute atomic E-state index is 9.07. The predicted octanol–water partition coefficient (Wildman–Crippen LogP) is 0.402. The van der Waals surface area contributed by atoms with Gasteiger partial charge in [0.1, 0.15) is 0 Å². The summed E-state index contributed by atoms with van der Waals surface area (Å²) in [5.41, 5.74) is 0.204. The Morgan fingerprint density at radius 3 is 2.67 bits per heavy atom. The molecule has 0 spiro atoms. The van der Waals surface area contributed by atoms with Gasteiger partial charge < -0.3 is 19.9 Å². The lowest BCUT2D eigenvalue weighted by Gasteiger charge is -2.12. The van der Waals surface area contributed by atoms with E-state index in [4.69, 9.17) is 14.6 Å². The minimum atomic E-state index is 0.204. The van der Waals surface area contributed by atoms with Gasteiger partial charge in [-0.1, -0.05) is 0 Å². The fourth-order valence-electron chi connectivity index (χ4n) is 1.47. The van der Waals surface area contributed by atoms with E-state index in [2.05, 4.69) is 5.32 Å². The van der Waals surface area contributed by atoms with Crippen LogP contribution in [-0.2, 0) is 9.47 Å². The minimum absolute atomic E-state index is 0.204. The first-order valence-electron chi connectivity index (χ1n) is 5.71. The van der Waals surface area contributed by atoms with Gasteiger partial charge in [-0.3, -0.25) is 0 Å². The zero-order valence-electron chi connectivity index (χ0n) is 9.63. The van der Waals surface area contributed by atoms with Crippen LogP contribution in [0.4, 0.5) is 0 Å². The van der Waals surface area contributed by atoms with Gasteiger partial charge in [0.25, 0.3) is 0 Å². The lowest BCUT2D eigenvalue weighted by atomic mass is 10.1. The van der Waals surface area contributed by atoms with Gasteiger partial charge >= 0.3 is 0 Å². The summed E-state index contributed by atoms with van der Waals surface area (Å²) in [6, 6.07) is 0. The number of aliphatic hydroxyl groups excluding tert-OH is 1. The molecule has 2 N–H and O–H groups in total. The van der Waals surface area contributed by atoms with Crippen LogP contribution < -0.4 is 5.32 Å². The molecule has 1 aliphatic rings. The Morgan fingerprint density at radius 2 is 2.07 bits per heavy atom. The second-order valence-corrected chi connectivity index (χ2v) is 4.29. The van der Waals surface area contributed by atoms with Gasteiger partial charge in [0.05, 0.1) is 6.61 Å². The fourth-order valence-corrected chi connectivity index (χ4v) is 1.47. The highest BCUT2D eigenvalue weighted by Crippen LogP contribution is 2.44. The van der Waals surface area contributed by atoms with Crippen molar-refractivity contribution in [2.75, 3.05) is 46.6 Å². The third-order valence-corrected chi connectivity index (χ3v) is 2.85. The van der Waals surface area contributed by atoms with Crippen molar-refractivity contribution in [1.29, 1.82) is 0 Å². The highest BCUT2D eigenvalue weighted by atomic mass is 16.5. The van der Waals surface area contributed by atoms with Crippen LogP contribution in [0.15, 0.2) is 0 Å². The molecule has 0 aromatic heterocycles. The topological polar surface area (TPSA) is 50.7 Å². The van der Waals surface area contributed by atoms with Crippen molar-refractivity contribution < 1.29 is 14.6 Å². The maximum Gasteiger partial charge on any atom is 0.0590 e. The van der Waals surface area contributed by atoms with Gasteiger partial charge in [0.2, 0.25) is 0 Å². The molecule has 0 bridgehead atoms. The van der Waals surface area contributed by atoms with Gasteiger partial charge in [0.15, 0.2) is 0 Å². The van der Waals surface area contributed by atoms with Gasteiger partial charge in [-0.2, -0.15) is 0 Å². The van der Waals surface area contributed by atoms with E-state index >= 15 is 0 Å². The molecule has 15 heavy (non-hydrogen) atoms. The number of methoxy groups -OCH3 is 1. The van der Waals surface area contributed by atoms with Crippen molar-refractivity contribution in [3.63, 3.8) is 0 Å². The molecule has 0 aromatic carbocycles. The Hall–Kier alpha value is -0.160. The average molecular weight is 217 g/mol. The average Bonchev–Trinajstić information content (AvgIpc) is 3.03. The van der Waals surface area contributed by atoms with Crippen LogP contribution >= 0.6 is 0 Å². The lowest BCUT2D eigenvalue weighted by Crippen LogP contribution is -2.29. The highest BCUT2D eigenvalue weighted by Gasteiger charge is 2.41. The number of nitrogens with one attached hydrogen (secondary N) is 1. The van der Waals surface area contributed by atoms with Crippen LogP contribution in [0, 0.1) is 5.41 Å². The predicted molar refractivity (Wildman–Crippen MR) is 58.9 cm³/mol. The van der Waals surface area contributed by atoms with Crippen LogP contribution in [0.5, 0.6) is 0 Å². The summed E-state index contributed by atoms with van der Waals surface area (Å²) in [6.45, 7) is 4.38. The molecule has 1 fully saturated rings. The Morgan fingerprint density at radius 1 is 1.27 bits per heavy atom. The summed E-state index contributed by atoms with van der Waals surface area (Å²) in [5.74, 6) is 0. The van der Waals surface area contributed by atoms with E-state index in [9.17, 15) is 0 Å². The molecule has 4 nitrogen and oxygen atoms in total. The first-order chi connectivity index (χ1) is 7.33. The highest BCUT2D eigenvalue weighted by molar-refractivity contribution is 4.94. The zero-order valence-corrected chi connectivity index (χ0v) is 9.63. The summed E-state index contributed by atoms with van der Waals surface area (Å²) >= 11 is 0. The van der Waals surface area contributed by atoms with E-state index in [-0.39, 0.29) is 5.41 Å². The Labute approximate surface area is 92.0 Å². The number of aliphatic hydroxyl groups is 1. The molecule has 90 valence electrons. The summed E-state index contributed by atoms with van der Waals surface area (Å²) in [4.78, 5) is 0. The molecular weight excluding hydrogens is 194 g/mol. The quantitative estimate of drug-likeness (QED) is 0.520. The van der Waals surface area contributed by atoms with Gasteiger partial charge in [-0.25, -0.2) is 0 Å². The molecule has 0 saturated heterocycles. The van der Waals surface area contributed by atoms with E-state index in [0.29, 0.717) is 6.61 Å². The third kappa shape index (κ3) is 5.47. The summed E-state index contributed by atoms with van der Waals surface area (Å²) in [7, 11) is 1.70. The van der Waals surface area contributed by atoms with Crippen LogP contribution in [0.25, 0.3) is 0 Å². The molecule has 1 saturated carbocycles. The van der Waals surface area contributed by atoms with Crippen LogP contribution in [0.3, 0.4) is 0 Å². The smallest absolute Gasteiger partial charge is 0.0590 e. The van der Waals surface area contributed by atoms with Crippen LogP contribution in [-0.4, -0.2) is 51.7 Å². The van der Waals surface area contributed by atoms with E-state index in [1.807, 2.05) is 0 Å². The molecule has 0 radical (unpaired) electrons. The number of hydrogen-bond acceptors (Lipinski definition) is 4. The Balaban J connectivity index is 1.77. The first kappa shape index (κ1) is 12.9. The fraction of sp³-hybridized carbons (Fsp3) is 1.00. The van der Waals surface area contributed by atoms with E-state index < -0.39 is 0 Å². The first-order valence-corrected chi connectivity index (χ1v) is 5.71. The monoisotopic (exact) mass is 217 g/mol. The molecule has 0 amide bonds. The summed E-state index contributed by atoms with van der Waals surface area (Å²) in [6.07, 6.45) is 3.27. The van der Waals surface area contributed by atoms with Gasteiger partial charge in [-0.05, 0) is 19.3 Å².